The lowest BCUT2D eigenvalue weighted by Gasteiger charge is -2.17. The van der Waals surface area contributed by atoms with Crippen LogP contribution in [0.2, 0.25) is 0 Å². The van der Waals surface area contributed by atoms with E-state index in [1.807, 2.05) is 18.2 Å². The molecule has 8 heteroatoms. The van der Waals surface area contributed by atoms with Crippen molar-refractivity contribution < 1.29 is 19.1 Å². The van der Waals surface area contributed by atoms with Gasteiger partial charge in [-0.15, -0.1) is 11.3 Å². The summed E-state index contributed by atoms with van der Waals surface area (Å²) in [5.41, 5.74) is 1.05. The number of hydrogen-bond donors (Lipinski definition) is 1. The van der Waals surface area contributed by atoms with Crippen molar-refractivity contribution in [1.82, 2.24) is 9.88 Å². The molecule has 1 aliphatic rings. The Bertz CT molecular complexity index is 779. The highest BCUT2D eigenvalue weighted by atomic mass is 32.1. The number of methoxy groups -OCH3 is 2. The van der Waals surface area contributed by atoms with E-state index in [1.54, 1.807) is 30.7 Å². The van der Waals surface area contributed by atoms with E-state index in [1.165, 1.54) is 11.3 Å². The Balaban J connectivity index is 1.55. The van der Waals surface area contributed by atoms with E-state index in [-0.39, 0.29) is 24.2 Å². The maximum atomic E-state index is 12.3. The lowest BCUT2D eigenvalue weighted by atomic mass is 10.1. The Morgan fingerprint density at radius 1 is 1.35 bits per heavy atom. The first kappa shape index (κ1) is 18.2. The van der Waals surface area contributed by atoms with Crippen LogP contribution in [0.4, 0.5) is 5.13 Å². The van der Waals surface area contributed by atoms with Crippen molar-refractivity contribution >= 4 is 28.3 Å². The van der Waals surface area contributed by atoms with Gasteiger partial charge < -0.3 is 19.7 Å². The lowest BCUT2D eigenvalue weighted by molar-refractivity contribution is -0.128. The van der Waals surface area contributed by atoms with Crippen LogP contribution in [0.5, 0.6) is 11.5 Å². The van der Waals surface area contributed by atoms with Crippen molar-refractivity contribution in [2.75, 3.05) is 32.6 Å². The van der Waals surface area contributed by atoms with Crippen LogP contribution >= 0.6 is 11.3 Å². The third-order valence-corrected chi connectivity index (χ3v) is 5.05. The van der Waals surface area contributed by atoms with Crippen molar-refractivity contribution in [2.24, 2.45) is 5.92 Å². The van der Waals surface area contributed by atoms with Crippen molar-refractivity contribution in [2.45, 2.75) is 12.8 Å². The molecule has 7 nitrogen and oxygen atoms in total. The minimum absolute atomic E-state index is 0.00441. The number of thiazole rings is 1. The molecule has 1 N–H and O–H groups in total. The first-order chi connectivity index (χ1) is 12.6. The molecule has 1 aromatic heterocycles. The van der Waals surface area contributed by atoms with Gasteiger partial charge in [-0.25, -0.2) is 4.98 Å². The standard InChI is InChI=1S/C18H21N3O4S/c1-24-14-4-3-12(9-15(14)25-2)5-7-21-11-13(10-16(21)22)17(23)20-18-19-6-8-26-18/h3-4,6,8-9,13H,5,7,10-11H2,1-2H3,(H,19,20,23)/t13-/m1/s1. The predicted octanol–water partition coefficient (Wildman–Crippen LogP) is 2.19. The molecule has 0 aliphatic carbocycles. The average molecular weight is 375 g/mol. The normalized spacial score (nSPS) is 16.6. The van der Waals surface area contributed by atoms with E-state index >= 15 is 0 Å². The van der Waals surface area contributed by atoms with Gasteiger partial charge in [0.15, 0.2) is 16.6 Å². The molecule has 0 bridgehead atoms. The predicted molar refractivity (Wildman–Crippen MR) is 98.7 cm³/mol. The van der Waals surface area contributed by atoms with Gasteiger partial charge in [-0.3, -0.25) is 9.59 Å². The molecule has 2 aromatic rings. The zero-order valence-electron chi connectivity index (χ0n) is 14.7. The summed E-state index contributed by atoms with van der Waals surface area (Å²) in [5.74, 6) is 0.856. The summed E-state index contributed by atoms with van der Waals surface area (Å²) in [7, 11) is 3.19. The highest BCUT2D eigenvalue weighted by Crippen LogP contribution is 2.28. The Kier molecular flexibility index (Phi) is 5.72. The number of rotatable bonds is 7. The van der Waals surface area contributed by atoms with Crippen LogP contribution in [0, 0.1) is 5.92 Å². The molecule has 1 atom stereocenters. The van der Waals surface area contributed by atoms with Crippen molar-refractivity contribution in [1.29, 1.82) is 0 Å². The minimum Gasteiger partial charge on any atom is -0.493 e. The Labute approximate surface area is 155 Å². The zero-order valence-corrected chi connectivity index (χ0v) is 15.5. The van der Waals surface area contributed by atoms with E-state index in [0.29, 0.717) is 36.1 Å². The summed E-state index contributed by atoms with van der Waals surface area (Å²) in [6.07, 6.45) is 2.56. The number of likely N-dealkylation sites (tertiary alicyclic amines) is 1. The molecule has 2 heterocycles. The molecule has 1 aliphatic heterocycles. The van der Waals surface area contributed by atoms with Gasteiger partial charge >= 0.3 is 0 Å². The van der Waals surface area contributed by atoms with Crippen LogP contribution in [0.25, 0.3) is 0 Å². The van der Waals surface area contributed by atoms with Gasteiger partial charge in [-0.2, -0.15) is 0 Å². The highest BCUT2D eigenvalue weighted by Gasteiger charge is 2.34. The number of ether oxygens (including phenoxy) is 2. The second-order valence-electron chi connectivity index (χ2n) is 6.01. The molecule has 1 fully saturated rings. The molecular weight excluding hydrogens is 354 g/mol. The van der Waals surface area contributed by atoms with Crippen molar-refractivity contribution in [3.63, 3.8) is 0 Å². The number of nitrogens with one attached hydrogen (secondary N) is 1. The van der Waals surface area contributed by atoms with Crippen LogP contribution in [0.3, 0.4) is 0 Å². The molecule has 1 aromatic carbocycles. The Hall–Kier alpha value is -2.61. The van der Waals surface area contributed by atoms with Crippen LogP contribution in [-0.2, 0) is 16.0 Å². The number of nitrogens with zero attached hydrogens (tertiary/aromatic N) is 2. The number of amides is 2. The van der Waals surface area contributed by atoms with Crippen molar-refractivity contribution in [3.8, 4) is 11.5 Å². The number of benzene rings is 1. The van der Waals surface area contributed by atoms with E-state index < -0.39 is 0 Å². The van der Waals surface area contributed by atoms with Gasteiger partial charge in [0.2, 0.25) is 11.8 Å². The van der Waals surface area contributed by atoms with Gasteiger partial charge in [0.1, 0.15) is 0 Å². The molecule has 0 radical (unpaired) electrons. The highest BCUT2D eigenvalue weighted by molar-refractivity contribution is 7.13. The van der Waals surface area contributed by atoms with Crippen LogP contribution in [0.1, 0.15) is 12.0 Å². The number of aromatic nitrogens is 1. The number of carbonyl (C=O) groups excluding carboxylic acids is 2. The summed E-state index contributed by atoms with van der Waals surface area (Å²) in [4.78, 5) is 30.3. The fourth-order valence-electron chi connectivity index (χ4n) is 2.96. The van der Waals surface area contributed by atoms with E-state index in [4.69, 9.17) is 9.47 Å². The van der Waals surface area contributed by atoms with Crippen LogP contribution in [-0.4, -0.2) is 49.0 Å². The van der Waals surface area contributed by atoms with Crippen LogP contribution in [0.15, 0.2) is 29.8 Å². The molecule has 26 heavy (non-hydrogen) atoms. The molecule has 0 saturated carbocycles. The number of hydrogen-bond acceptors (Lipinski definition) is 6. The molecule has 3 rings (SSSR count). The second-order valence-corrected chi connectivity index (χ2v) is 6.90. The fourth-order valence-corrected chi connectivity index (χ4v) is 3.49. The second kappa shape index (κ2) is 8.18. The van der Waals surface area contributed by atoms with E-state index in [0.717, 1.165) is 5.56 Å². The monoisotopic (exact) mass is 375 g/mol. The Morgan fingerprint density at radius 2 is 2.15 bits per heavy atom. The summed E-state index contributed by atoms with van der Waals surface area (Å²) >= 11 is 1.36. The SMILES string of the molecule is COc1ccc(CCN2C[C@H](C(=O)Nc3nccs3)CC2=O)cc1OC. The third-order valence-electron chi connectivity index (χ3n) is 4.37. The third kappa shape index (κ3) is 4.13. The molecule has 1 saturated heterocycles. The van der Waals surface area contributed by atoms with Gasteiger partial charge in [0.25, 0.3) is 0 Å². The molecule has 0 spiro atoms. The minimum atomic E-state index is -0.336. The smallest absolute Gasteiger partial charge is 0.231 e. The van der Waals surface area contributed by atoms with Gasteiger partial charge in [0, 0.05) is 31.1 Å². The lowest BCUT2D eigenvalue weighted by Crippen LogP contribution is -2.30. The van der Waals surface area contributed by atoms with E-state index in [9.17, 15) is 9.59 Å². The van der Waals surface area contributed by atoms with Gasteiger partial charge in [-0.1, -0.05) is 6.07 Å². The molecular formula is C18H21N3O4S. The number of anilines is 1. The van der Waals surface area contributed by atoms with Gasteiger partial charge in [-0.05, 0) is 24.1 Å². The topological polar surface area (TPSA) is 80.8 Å². The summed E-state index contributed by atoms with van der Waals surface area (Å²) in [6, 6.07) is 5.71. The number of carbonyl (C=O) groups is 2. The molecule has 2 amide bonds. The maximum absolute atomic E-state index is 12.3. The van der Waals surface area contributed by atoms with Crippen LogP contribution < -0.4 is 14.8 Å². The molecule has 0 unspecified atom stereocenters. The Morgan fingerprint density at radius 3 is 2.85 bits per heavy atom. The first-order valence-corrected chi connectivity index (χ1v) is 9.17. The van der Waals surface area contributed by atoms with Crippen molar-refractivity contribution in [3.05, 3.63) is 35.3 Å². The average Bonchev–Trinajstić information content (AvgIpc) is 3.29. The quantitative estimate of drug-likeness (QED) is 0.802. The summed E-state index contributed by atoms with van der Waals surface area (Å²) in [6.45, 7) is 0.999. The summed E-state index contributed by atoms with van der Waals surface area (Å²) < 4.78 is 10.5. The summed E-state index contributed by atoms with van der Waals surface area (Å²) in [5, 5.41) is 5.12. The first-order valence-electron chi connectivity index (χ1n) is 8.29. The zero-order chi connectivity index (χ0) is 18.5. The molecule has 138 valence electrons. The van der Waals surface area contributed by atoms with E-state index in [2.05, 4.69) is 10.3 Å². The fraction of sp³-hybridized carbons (Fsp3) is 0.389. The van der Waals surface area contributed by atoms with Gasteiger partial charge in [0.05, 0.1) is 20.1 Å². The maximum Gasteiger partial charge on any atom is 0.231 e. The largest absolute Gasteiger partial charge is 0.493 e.